The number of carbonyl (C=O) groups is 1. The van der Waals surface area contributed by atoms with Crippen molar-refractivity contribution in [3.63, 3.8) is 0 Å². The maximum absolute atomic E-state index is 12.8. The van der Waals surface area contributed by atoms with Crippen LogP contribution in [0.15, 0.2) is 53.4 Å². The van der Waals surface area contributed by atoms with Gasteiger partial charge in [-0.25, -0.2) is 12.8 Å². The minimum absolute atomic E-state index is 0.0356. The monoisotopic (exact) mass is 332 g/mol. The molecule has 0 aromatic heterocycles. The zero-order valence-electron chi connectivity index (χ0n) is 11.9. The molecule has 0 spiro atoms. The van der Waals surface area contributed by atoms with Gasteiger partial charge < -0.3 is 5.73 Å². The Morgan fingerprint density at radius 3 is 2.26 bits per heavy atom. The quantitative estimate of drug-likeness (QED) is 0.826. The summed E-state index contributed by atoms with van der Waals surface area (Å²) < 4.78 is 38.9. The lowest BCUT2D eigenvalue weighted by Crippen LogP contribution is -2.23. The van der Waals surface area contributed by atoms with E-state index in [0.717, 1.165) is 12.1 Å². The lowest BCUT2D eigenvalue weighted by Gasteiger charge is -2.03. The summed E-state index contributed by atoms with van der Waals surface area (Å²) >= 11 is 0. The van der Waals surface area contributed by atoms with Crippen LogP contribution in [0.1, 0.15) is 15.9 Å². The summed E-state index contributed by atoms with van der Waals surface area (Å²) in [6, 6.07) is 10.8. The highest BCUT2D eigenvalue weighted by Crippen LogP contribution is 2.09. The molecule has 7 heteroatoms. The van der Waals surface area contributed by atoms with E-state index in [1.807, 2.05) is 0 Å². The van der Waals surface area contributed by atoms with Crippen LogP contribution in [0, 0.1) is 17.7 Å². The van der Waals surface area contributed by atoms with Crippen molar-refractivity contribution in [2.24, 2.45) is 5.73 Å². The Balaban J connectivity index is 1.99. The molecule has 118 valence electrons. The highest BCUT2D eigenvalue weighted by Gasteiger charge is 2.12. The molecule has 0 unspecified atom stereocenters. The second-order valence-electron chi connectivity index (χ2n) is 4.52. The van der Waals surface area contributed by atoms with Crippen molar-refractivity contribution in [3.05, 3.63) is 65.5 Å². The van der Waals surface area contributed by atoms with Gasteiger partial charge in [-0.15, -0.1) is 0 Å². The van der Waals surface area contributed by atoms with E-state index in [0.29, 0.717) is 11.1 Å². The lowest BCUT2D eigenvalue weighted by molar-refractivity contribution is 0.100. The normalized spacial score (nSPS) is 10.7. The molecule has 0 saturated heterocycles. The number of amides is 1. The van der Waals surface area contributed by atoms with Gasteiger partial charge in [-0.05, 0) is 48.5 Å². The van der Waals surface area contributed by atoms with E-state index in [-0.39, 0.29) is 11.4 Å². The van der Waals surface area contributed by atoms with Crippen LogP contribution in [0.5, 0.6) is 0 Å². The summed E-state index contributed by atoms with van der Waals surface area (Å²) in [5.74, 6) is 4.37. The standard InChI is InChI=1S/C16H13FN2O3S/c17-14-7-9-15(10-8-14)23(21,22)19-11-1-2-12-3-5-13(6-4-12)16(18)20/h3-10,19H,11H2,(H2,18,20). The topological polar surface area (TPSA) is 89.3 Å². The van der Waals surface area contributed by atoms with Gasteiger partial charge in [-0.3, -0.25) is 4.79 Å². The Hall–Kier alpha value is -2.69. The molecule has 0 saturated carbocycles. The number of benzene rings is 2. The third-order valence-corrected chi connectivity index (χ3v) is 4.29. The number of hydrogen-bond donors (Lipinski definition) is 2. The molecule has 2 aromatic rings. The fourth-order valence-corrected chi connectivity index (χ4v) is 2.62. The van der Waals surface area contributed by atoms with E-state index >= 15 is 0 Å². The minimum Gasteiger partial charge on any atom is -0.366 e. The first kappa shape index (κ1) is 16.7. The molecule has 0 fully saturated rings. The predicted molar refractivity (Wildman–Crippen MR) is 83.4 cm³/mol. The molecule has 0 atom stereocenters. The maximum atomic E-state index is 12.8. The molecule has 3 N–H and O–H groups in total. The average Bonchev–Trinajstić information content (AvgIpc) is 2.52. The number of primary amides is 1. The molecule has 23 heavy (non-hydrogen) atoms. The fourth-order valence-electron chi connectivity index (χ4n) is 1.69. The number of nitrogens with two attached hydrogens (primary N) is 1. The van der Waals surface area contributed by atoms with E-state index < -0.39 is 21.7 Å². The van der Waals surface area contributed by atoms with Crippen molar-refractivity contribution >= 4 is 15.9 Å². The summed E-state index contributed by atoms with van der Waals surface area (Å²) in [7, 11) is -3.73. The van der Waals surface area contributed by atoms with Crippen LogP contribution in [0.25, 0.3) is 0 Å². The molecule has 2 aromatic carbocycles. The molecule has 0 radical (unpaired) electrons. The Morgan fingerprint density at radius 1 is 1.09 bits per heavy atom. The van der Waals surface area contributed by atoms with Crippen LogP contribution < -0.4 is 10.5 Å². The van der Waals surface area contributed by atoms with Crippen LogP contribution >= 0.6 is 0 Å². The van der Waals surface area contributed by atoms with E-state index in [1.165, 1.54) is 24.3 Å². The van der Waals surface area contributed by atoms with Crippen LogP contribution in [0.3, 0.4) is 0 Å². The first-order valence-electron chi connectivity index (χ1n) is 6.52. The predicted octanol–water partition coefficient (Wildman–Crippen LogP) is 1.25. The lowest BCUT2D eigenvalue weighted by atomic mass is 10.1. The van der Waals surface area contributed by atoms with Crippen molar-refractivity contribution in [2.45, 2.75) is 4.90 Å². The molecule has 0 heterocycles. The van der Waals surface area contributed by atoms with Crippen molar-refractivity contribution in [1.82, 2.24) is 4.72 Å². The Bertz CT molecular complexity index is 864. The Morgan fingerprint density at radius 2 is 1.70 bits per heavy atom. The van der Waals surface area contributed by atoms with E-state index in [1.54, 1.807) is 12.1 Å². The van der Waals surface area contributed by atoms with Crippen LogP contribution in [0.2, 0.25) is 0 Å². The van der Waals surface area contributed by atoms with Gasteiger partial charge in [-0.2, -0.15) is 4.72 Å². The van der Waals surface area contributed by atoms with Crippen molar-refractivity contribution in [1.29, 1.82) is 0 Å². The summed E-state index contributed by atoms with van der Waals surface area (Å²) in [4.78, 5) is 10.9. The highest BCUT2D eigenvalue weighted by molar-refractivity contribution is 7.89. The van der Waals surface area contributed by atoms with Crippen molar-refractivity contribution < 1.29 is 17.6 Å². The van der Waals surface area contributed by atoms with Gasteiger partial charge in [0.25, 0.3) is 0 Å². The zero-order valence-corrected chi connectivity index (χ0v) is 12.7. The third kappa shape index (κ3) is 4.64. The van der Waals surface area contributed by atoms with Gasteiger partial charge in [0.15, 0.2) is 0 Å². The first-order valence-corrected chi connectivity index (χ1v) is 8.01. The molecule has 5 nitrogen and oxygen atoms in total. The molecule has 1 amide bonds. The molecule has 2 rings (SSSR count). The van der Waals surface area contributed by atoms with Crippen molar-refractivity contribution in [2.75, 3.05) is 6.54 Å². The number of rotatable bonds is 4. The summed E-state index contributed by atoms with van der Waals surface area (Å²) in [6.45, 7) is -0.0999. The second-order valence-corrected chi connectivity index (χ2v) is 6.29. The Kier molecular flexibility index (Phi) is 5.11. The fraction of sp³-hybridized carbons (Fsp3) is 0.0625. The summed E-state index contributed by atoms with van der Waals surface area (Å²) in [6.07, 6.45) is 0. The molecule has 0 aliphatic rings. The molecular formula is C16H13FN2O3S. The average molecular weight is 332 g/mol. The van der Waals surface area contributed by atoms with Crippen LogP contribution in [-0.2, 0) is 10.0 Å². The number of sulfonamides is 1. The van der Waals surface area contributed by atoms with Crippen molar-refractivity contribution in [3.8, 4) is 11.8 Å². The number of nitrogens with one attached hydrogen (secondary N) is 1. The minimum atomic E-state index is -3.73. The molecule has 0 aliphatic carbocycles. The third-order valence-electron chi connectivity index (χ3n) is 2.88. The SMILES string of the molecule is NC(=O)c1ccc(C#CCNS(=O)(=O)c2ccc(F)cc2)cc1. The zero-order chi connectivity index (χ0) is 16.9. The van der Waals surface area contributed by atoms with Gasteiger partial charge in [0.2, 0.25) is 15.9 Å². The second kappa shape index (κ2) is 7.05. The van der Waals surface area contributed by atoms with E-state index in [9.17, 15) is 17.6 Å². The van der Waals surface area contributed by atoms with E-state index in [2.05, 4.69) is 16.6 Å². The first-order chi connectivity index (χ1) is 10.9. The molecular weight excluding hydrogens is 319 g/mol. The summed E-state index contributed by atoms with van der Waals surface area (Å²) in [5, 5.41) is 0. The van der Waals surface area contributed by atoms with Gasteiger partial charge in [0, 0.05) is 11.1 Å². The van der Waals surface area contributed by atoms with Gasteiger partial charge in [0.1, 0.15) is 5.82 Å². The number of carbonyl (C=O) groups excluding carboxylic acids is 1. The van der Waals surface area contributed by atoms with Crippen LogP contribution in [-0.4, -0.2) is 20.9 Å². The smallest absolute Gasteiger partial charge is 0.248 e. The molecule has 0 aliphatic heterocycles. The van der Waals surface area contributed by atoms with Gasteiger partial charge in [-0.1, -0.05) is 11.8 Å². The molecule has 0 bridgehead atoms. The number of halogens is 1. The maximum Gasteiger partial charge on any atom is 0.248 e. The van der Waals surface area contributed by atoms with Crippen LogP contribution in [0.4, 0.5) is 4.39 Å². The largest absolute Gasteiger partial charge is 0.366 e. The number of hydrogen-bond acceptors (Lipinski definition) is 3. The Labute approximate surface area is 133 Å². The van der Waals surface area contributed by atoms with Gasteiger partial charge in [0.05, 0.1) is 11.4 Å². The van der Waals surface area contributed by atoms with Gasteiger partial charge >= 0.3 is 0 Å². The highest BCUT2D eigenvalue weighted by atomic mass is 32.2. The van der Waals surface area contributed by atoms with E-state index in [4.69, 9.17) is 5.73 Å². The summed E-state index contributed by atoms with van der Waals surface area (Å²) in [5.41, 5.74) is 6.11.